The van der Waals surface area contributed by atoms with Gasteiger partial charge in [0.25, 0.3) is 10.1 Å². The van der Waals surface area contributed by atoms with Gasteiger partial charge in [-0.05, 0) is 24.3 Å². The van der Waals surface area contributed by atoms with Crippen molar-refractivity contribution in [1.29, 1.82) is 0 Å². The molecule has 78 valence electrons. The van der Waals surface area contributed by atoms with E-state index in [1.807, 2.05) is 0 Å². The van der Waals surface area contributed by atoms with Gasteiger partial charge in [0.1, 0.15) is 5.75 Å². The zero-order valence-corrected chi connectivity index (χ0v) is 8.07. The molecule has 1 aliphatic heterocycles. The fourth-order valence-electron chi connectivity index (χ4n) is 0.618. The first kappa shape index (κ1) is 11.0. The lowest BCUT2D eigenvalue weighted by molar-refractivity contribution is 0.472. The van der Waals surface area contributed by atoms with E-state index < -0.39 is 10.1 Å². The molecule has 0 bridgehead atoms. The van der Waals surface area contributed by atoms with Crippen molar-refractivity contribution < 1.29 is 22.8 Å². The normalized spacial score (nSPS) is 14.1. The highest BCUT2D eigenvalue weighted by molar-refractivity contribution is 7.85. The molecule has 1 aromatic rings. The summed E-state index contributed by atoms with van der Waals surface area (Å²) in [5.41, 5.74) is 0. The highest BCUT2D eigenvalue weighted by Crippen LogP contribution is 2.13. The lowest BCUT2D eigenvalue weighted by Crippen LogP contribution is -1.96. The van der Waals surface area contributed by atoms with E-state index in [0.717, 1.165) is 25.3 Å². The van der Waals surface area contributed by atoms with Crippen molar-refractivity contribution in [3.8, 4) is 5.75 Å². The molecule has 0 unspecified atom stereocenters. The van der Waals surface area contributed by atoms with Crippen LogP contribution in [-0.4, -0.2) is 31.3 Å². The summed E-state index contributed by atoms with van der Waals surface area (Å²) in [6.45, 7) is 2.00. The monoisotopic (exact) mass is 218 g/mol. The molecule has 5 nitrogen and oxygen atoms in total. The topological polar surface area (TPSA) is 87.1 Å². The number of aromatic hydroxyl groups is 1. The lowest BCUT2D eigenvalue weighted by atomic mass is 10.3. The predicted octanol–water partition coefficient (Wildman–Crippen LogP) is 0.655. The van der Waals surface area contributed by atoms with Crippen molar-refractivity contribution in [3.63, 3.8) is 0 Å². The average molecular weight is 218 g/mol. The molecule has 0 radical (unpaired) electrons. The minimum Gasteiger partial charge on any atom is -0.508 e. The first-order chi connectivity index (χ1) is 6.50. The molecule has 0 aliphatic carbocycles. The van der Waals surface area contributed by atoms with Crippen molar-refractivity contribution >= 4 is 10.1 Å². The Balaban J connectivity index is 0.000000276. The Morgan fingerprint density at radius 2 is 1.57 bits per heavy atom. The van der Waals surface area contributed by atoms with Crippen molar-refractivity contribution in [2.24, 2.45) is 0 Å². The van der Waals surface area contributed by atoms with Crippen LogP contribution in [0.2, 0.25) is 0 Å². The highest BCUT2D eigenvalue weighted by atomic mass is 32.2. The van der Waals surface area contributed by atoms with E-state index in [4.69, 9.17) is 9.66 Å². The molecular weight excluding hydrogens is 208 g/mol. The Morgan fingerprint density at radius 1 is 1.14 bits per heavy atom. The molecule has 0 aromatic heterocycles. The van der Waals surface area contributed by atoms with Gasteiger partial charge in [-0.1, -0.05) is 0 Å². The quantitative estimate of drug-likeness (QED) is 0.534. The number of epoxide rings is 1. The van der Waals surface area contributed by atoms with Gasteiger partial charge in [0, 0.05) is 0 Å². The minimum absolute atomic E-state index is 0.0441. The van der Waals surface area contributed by atoms with Gasteiger partial charge in [-0.3, -0.25) is 4.55 Å². The third-order valence-electron chi connectivity index (χ3n) is 1.34. The second kappa shape index (κ2) is 4.41. The molecule has 6 heteroatoms. The SMILES string of the molecule is C1CO1.O=S(=O)(O)c1ccc(O)cc1. The van der Waals surface area contributed by atoms with Crippen LogP contribution in [0.1, 0.15) is 0 Å². The Kier molecular flexibility index (Phi) is 3.45. The maximum Gasteiger partial charge on any atom is 0.294 e. The first-order valence-electron chi connectivity index (χ1n) is 3.84. The summed E-state index contributed by atoms with van der Waals surface area (Å²) in [6.07, 6.45) is 0. The summed E-state index contributed by atoms with van der Waals surface area (Å²) in [4.78, 5) is -0.227. The molecule has 0 atom stereocenters. The summed E-state index contributed by atoms with van der Waals surface area (Å²) in [5, 5.41) is 8.75. The van der Waals surface area contributed by atoms with Crippen LogP contribution < -0.4 is 0 Å². The minimum atomic E-state index is -4.13. The van der Waals surface area contributed by atoms with E-state index in [1.165, 1.54) is 12.1 Å². The van der Waals surface area contributed by atoms with Crippen LogP contribution in [0.5, 0.6) is 5.75 Å². The molecule has 1 aliphatic rings. The molecular formula is C8H10O5S. The lowest BCUT2D eigenvalue weighted by Gasteiger charge is -1.94. The van der Waals surface area contributed by atoms with Crippen LogP contribution in [0, 0.1) is 0 Å². The van der Waals surface area contributed by atoms with Gasteiger partial charge >= 0.3 is 0 Å². The molecule has 1 saturated heterocycles. The second-order valence-corrected chi connectivity index (χ2v) is 4.00. The number of phenols is 1. The third-order valence-corrected chi connectivity index (χ3v) is 2.21. The van der Waals surface area contributed by atoms with Gasteiger partial charge in [0.2, 0.25) is 0 Å². The molecule has 14 heavy (non-hydrogen) atoms. The number of rotatable bonds is 1. The Bertz CT molecular complexity index is 376. The molecule has 0 spiro atoms. The van der Waals surface area contributed by atoms with E-state index in [1.54, 1.807) is 0 Å². The van der Waals surface area contributed by atoms with Crippen LogP contribution in [0.25, 0.3) is 0 Å². The largest absolute Gasteiger partial charge is 0.508 e. The summed E-state index contributed by atoms with van der Waals surface area (Å²) in [7, 11) is -4.13. The summed E-state index contributed by atoms with van der Waals surface area (Å²) < 4.78 is 33.8. The molecule has 2 rings (SSSR count). The van der Waals surface area contributed by atoms with Gasteiger partial charge in [-0.2, -0.15) is 8.42 Å². The molecule has 1 heterocycles. The van der Waals surface area contributed by atoms with E-state index in [9.17, 15) is 8.42 Å². The van der Waals surface area contributed by atoms with E-state index >= 15 is 0 Å². The zero-order valence-electron chi connectivity index (χ0n) is 7.25. The predicted molar refractivity (Wildman–Crippen MR) is 48.7 cm³/mol. The van der Waals surface area contributed by atoms with Crippen molar-refractivity contribution in [2.45, 2.75) is 4.90 Å². The van der Waals surface area contributed by atoms with Crippen LogP contribution in [0.3, 0.4) is 0 Å². The van der Waals surface area contributed by atoms with E-state index in [-0.39, 0.29) is 10.6 Å². The molecule has 1 fully saturated rings. The van der Waals surface area contributed by atoms with Gasteiger partial charge < -0.3 is 9.84 Å². The maximum absolute atomic E-state index is 10.4. The Hall–Kier alpha value is -1.11. The van der Waals surface area contributed by atoms with Crippen LogP contribution >= 0.6 is 0 Å². The van der Waals surface area contributed by atoms with Gasteiger partial charge in [-0.15, -0.1) is 0 Å². The van der Waals surface area contributed by atoms with Crippen LogP contribution in [-0.2, 0) is 14.9 Å². The van der Waals surface area contributed by atoms with Crippen molar-refractivity contribution in [3.05, 3.63) is 24.3 Å². The van der Waals surface area contributed by atoms with Crippen molar-refractivity contribution in [2.75, 3.05) is 13.2 Å². The zero-order chi connectivity index (χ0) is 10.6. The number of phenolic OH excluding ortho intramolecular Hbond substituents is 1. The number of hydrogen-bond donors (Lipinski definition) is 2. The van der Waals surface area contributed by atoms with Gasteiger partial charge in [-0.25, -0.2) is 0 Å². The van der Waals surface area contributed by atoms with Crippen LogP contribution in [0.4, 0.5) is 0 Å². The maximum atomic E-state index is 10.4. The first-order valence-corrected chi connectivity index (χ1v) is 5.28. The van der Waals surface area contributed by atoms with Crippen LogP contribution in [0.15, 0.2) is 29.2 Å². The van der Waals surface area contributed by atoms with Gasteiger partial charge in [0.05, 0.1) is 18.1 Å². The Morgan fingerprint density at radius 3 is 1.86 bits per heavy atom. The third kappa shape index (κ3) is 4.22. The average Bonchev–Trinajstić information content (AvgIpc) is 2.88. The van der Waals surface area contributed by atoms with Crippen molar-refractivity contribution in [1.82, 2.24) is 0 Å². The Labute approximate surface area is 81.7 Å². The number of ether oxygens (including phenoxy) is 1. The smallest absolute Gasteiger partial charge is 0.294 e. The molecule has 0 amide bonds. The molecule has 1 aromatic carbocycles. The standard InChI is InChI=1S/C6H6O4S.C2H4O/c7-5-1-3-6(4-2-5)11(8,9)10;1-2-3-1/h1-4,7H,(H,8,9,10);1-2H2. The second-order valence-electron chi connectivity index (χ2n) is 2.58. The summed E-state index contributed by atoms with van der Waals surface area (Å²) in [5.74, 6) is -0.0441. The van der Waals surface area contributed by atoms with E-state index in [2.05, 4.69) is 4.74 Å². The summed E-state index contributed by atoms with van der Waals surface area (Å²) in [6, 6.07) is 4.60. The molecule has 2 N–H and O–H groups in total. The number of benzene rings is 1. The van der Waals surface area contributed by atoms with Gasteiger partial charge in [0.15, 0.2) is 0 Å². The fourth-order valence-corrected chi connectivity index (χ4v) is 1.10. The fraction of sp³-hybridized carbons (Fsp3) is 0.250. The summed E-state index contributed by atoms with van der Waals surface area (Å²) >= 11 is 0. The molecule has 0 saturated carbocycles. The highest BCUT2D eigenvalue weighted by Gasteiger charge is 2.07. The van der Waals surface area contributed by atoms with E-state index in [0.29, 0.717) is 0 Å². The number of hydrogen-bond acceptors (Lipinski definition) is 4.